The fourth-order valence-electron chi connectivity index (χ4n) is 1.84. The third kappa shape index (κ3) is 1.97. The number of phenols is 1. The van der Waals surface area contributed by atoms with Gasteiger partial charge in [-0.05, 0) is 29.8 Å². The number of hydrogen-bond donors (Lipinski definition) is 2. The first-order valence-electron chi connectivity index (χ1n) is 5.39. The highest BCUT2D eigenvalue weighted by Crippen LogP contribution is 2.15. The number of nitrogens with one attached hydrogen (secondary N) is 1. The first-order valence-corrected chi connectivity index (χ1v) is 5.39. The fraction of sp³-hybridized carbons (Fsp3) is 0.0769. The number of aromatic nitrogens is 3. The zero-order valence-corrected chi connectivity index (χ0v) is 9.09. The molecule has 2 heterocycles. The van der Waals surface area contributed by atoms with E-state index in [1.807, 2.05) is 24.3 Å². The molecule has 3 rings (SSSR count). The van der Waals surface area contributed by atoms with Crippen LogP contribution in [0.15, 0.2) is 42.6 Å². The monoisotopic (exact) mass is 225 g/mol. The van der Waals surface area contributed by atoms with Gasteiger partial charge >= 0.3 is 0 Å². The van der Waals surface area contributed by atoms with E-state index in [-0.39, 0.29) is 5.75 Å². The Bertz CT molecular complexity index is 627. The maximum absolute atomic E-state index is 9.39. The molecule has 0 spiro atoms. The van der Waals surface area contributed by atoms with Crippen LogP contribution in [0.4, 0.5) is 0 Å². The van der Waals surface area contributed by atoms with Gasteiger partial charge in [0.15, 0.2) is 5.65 Å². The standard InChI is InChI=1S/C13H11N3O/c17-10-4-1-3-9(7-10)8-12-15-11-5-2-6-14-13(11)16-12/h1-7,17H,8H2,(H,14,15,16). The summed E-state index contributed by atoms with van der Waals surface area (Å²) in [7, 11) is 0. The molecule has 0 aliphatic heterocycles. The average molecular weight is 225 g/mol. The minimum atomic E-state index is 0.275. The van der Waals surface area contributed by atoms with Crippen molar-refractivity contribution in [3.05, 3.63) is 54.0 Å². The van der Waals surface area contributed by atoms with Gasteiger partial charge in [0.05, 0.1) is 5.52 Å². The van der Waals surface area contributed by atoms with Gasteiger partial charge in [0.2, 0.25) is 0 Å². The molecule has 1 aromatic carbocycles. The van der Waals surface area contributed by atoms with Gasteiger partial charge in [-0.3, -0.25) is 0 Å². The smallest absolute Gasteiger partial charge is 0.177 e. The topological polar surface area (TPSA) is 61.8 Å². The Hall–Kier alpha value is -2.36. The minimum Gasteiger partial charge on any atom is -0.508 e. The predicted octanol–water partition coefficient (Wildman–Crippen LogP) is 2.25. The van der Waals surface area contributed by atoms with Crippen LogP contribution in [0, 0.1) is 0 Å². The number of imidazole rings is 1. The number of nitrogens with zero attached hydrogens (tertiary/aromatic N) is 2. The molecule has 3 aromatic rings. The van der Waals surface area contributed by atoms with Crippen LogP contribution in [0.5, 0.6) is 5.75 Å². The number of H-pyrrole nitrogens is 1. The first kappa shape index (κ1) is 9.84. The summed E-state index contributed by atoms with van der Waals surface area (Å²) in [6.45, 7) is 0. The molecule has 2 aromatic heterocycles. The molecule has 0 aliphatic carbocycles. The molecular formula is C13H11N3O. The third-order valence-corrected chi connectivity index (χ3v) is 2.59. The van der Waals surface area contributed by atoms with Crippen LogP contribution >= 0.6 is 0 Å². The second-order valence-corrected chi connectivity index (χ2v) is 3.90. The Morgan fingerprint density at radius 3 is 2.94 bits per heavy atom. The normalized spacial score (nSPS) is 10.8. The van der Waals surface area contributed by atoms with E-state index in [0.29, 0.717) is 6.42 Å². The minimum absolute atomic E-state index is 0.275. The molecule has 0 aliphatic rings. The summed E-state index contributed by atoms with van der Waals surface area (Å²) in [5.74, 6) is 1.13. The van der Waals surface area contributed by atoms with Crippen LogP contribution in [0.2, 0.25) is 0 Å². The molecule has 0 radical (unpaired) electrons. The largest absolute Gasteiger partial charge is 0.508 e. The number of pyridine rings is 1. The van der Waals surface area contributed by atoms with Crippen molar-refractivity contribution in [2.45, 2.75) is 6.42 Å². The highest BCUT2D eigenvalue weighted by molar-refractivity contribution is 5.69. The van der Waals surface area contributed by atoms with Gasteiger partial charge in [0.1, 0.15) is 11.6 Å². The van der Waals surface area contributed by atoms with Crippen molar-refractivity contribution < 1.29 is 5.11 Å². The number of phenolic OH excluding ortho intramolecular Hbond substituents is 1. The van der Waals surface area contributed by atoms with E-state index in [1.165, 1.54) is 0 Å². The van der Waals surface area contributed by atoms with Crippen molar-refractivity contribution in [3.63, 3.8) is 0 Å². The molecule has 0 bridgehead atoms. The van der Waals surface area contributed by atoms with E-state index in [2.05, 4.69) is 15.0 Å². The molecule has 17 heavy (non-hydrogen) atoms. The summed E-state index contributed by atoms with van der Waals surface area (Å²) in [5.41, 5.74) is 2.68. The first-order chi connectivity index (χ1) is 8.31. The molecule has 0 saturated carbocycles. The summed E-state index contributed by atoms with van der Waals surface area (Å²) in [6.07, 6.45) is 2.38. The maximum atomic E-state index is 9.39. The summed E-state index contributed by atoms with van der Waals surface area (Å²) in [5, 5.41) is 9.39. The molecule has 0 saturated heterocycles. The number of aromatic amines is 1. The zero-order valence-electron chi connectivity index (χ0n) is 9.09. The Labute approximate surface area is 98.0 Å². The SMILES string of the molecule is Oc1cccc(Cc2nc3ncccc3[nH]2)c1. The zero-order chi connectivity index (χ0) is 11.7. The van der Waals surface area contributed by atoms with E-state index < -0.39 is 0 Å². The van der Waals surface area contributed by atoms with Gasteiger partial charge in [-0.15, -0.1) is 0 Å². The molecule has 0 amide bonds. The number of fused-ring (bicyclic) bond motifs is 1. The Morgan fingerprint density at radius 2 is 2.12 bits per heavy atom. The Morgan fingerprint density at radius 1 is 1.18 bits per heavy atom. The van der Waals surface area contributed by atoms with E-state index >= 15 is 0 Å². The van der Waals surface area contributed by atoms with E-state index in [4.69, 9.17) is 0 Å². The Kier molecular flexibility index (Phi) is 2.26. The fourth-order valence-corrected chi connectivity index (χ4v) is 1.84. The molecule has 4 nitrogen and oxygen atoms in total. The second kappa shape index (κ2) is 3.90. The highest BCUT2D eigenvalue weighted by Gasteiger charge is 2.04. The van der Waals surface area contributed by atoms with Gasteiger partial charge in [-0.2, -0.15) is 0 Å². The lowest BCUT2D eigenvalue weighted by Crippen LogP contribution is -1.89. The molecule has 4 heteroatoms. The number of benzene rings is 1. The summed E-state index contributed by atoms with van der Waals surface area (Å²) in [4.78, 5) is 11.8. The number of aromatic hydroxyl groups is 1. The van der Waals surface area contributed by atoms with Crippen molar-refractivity contribution in [3.8, 4) is 5.75 Å². The van der Waals surface area contributed by atoms with Crippen molar-refractivity contribution in [2.75, 3.05) is 0 Å². The molecule has 2 N–H and O–H groups in total. The predicted molar refractivity (Wildman–Crippen MR) is 64.8 cm³/mol. The van der Waals surface area contributed by atoms with Crippen molar-refractivity contribution in [2.24, 2.45) is 0 Å². The molecule has 84 valence electrons. The van der Waals surface area contributed by atoms with E-state index in [1.54, 1.807) is 18.3 Å². The second-order valence-electron chi connectivity index (χ2n) is 3.90. The lowest BCUT2D eigenvalue weighted by atomic mass is 10.1. The lowest BCUT2D eigenvalue weighted by Gasteiger charge is -1.98. The molecule has 0 unspecified atom stereocenters. The number of rotatable bonds is 2. The van der Waals surface area contributed by atoms with Gasteiger partial charge in [-0.25, -0.2) is 9.97 Å². The van der Waals surface area contributed by atoms with E-state index in [0.717, 1.165) is 22.6 Å². The molecule has 0 fully saturated rings. The van der Waals surface area contributed by atoms with Crippen LogP contribution in [-0.4, -0.2) is 20.1 Å². The van der Waals surface area contributed by atoms with Crippen molar-refractivity contribution >= 4 is 11.2 Å². The van der Waals surface area contributed by atoms with Crippen LogP contribution in [0.25, 0.3) is 11.2 Å². The van der Waals surface area contributed by atoms with Crippen LogP contribution < -0.4 is 0 Å². The van der Waals surface area contributed by atoms with Crippen LogP contribution in [-0.2, 0) is 6.42 Å². The van der Waals surface area contributed by atoms with E-state index in [9.17, 15) is 5.11 Å². The number of hydrogen-bond acceptors (Lipinski definition) is 3. The summed E-state index contributed by atoms with van der Waals surface area (Å²) in [6, 6.07) is 11.0. The van der Waals surface area contributed by atoms with Crippen molar-refractivity contribution in [1.82, 2.24) is 15.0 Å². The van der Waals surface area contributed by atoms with Gasteiger partial charge in [0.25, 0.3) is 0 Å². The summed E-state index contributed by atoms with van der Waals surface area (Å²) >= 11 is 0. The Balaban J connectivity index is 1.94. The quantitative estimate of drug-likeness (QED) is 0.703. The highest BCUT2D eigenvalue weighted by atomic mass is 16.3. The maximum Gasteiger partial charge on any atom is 0.177 e. The van der Waals surface area contributed by atoms with Gasteiger partial charge < -0.3 is 10.1 Å². The van der Waals surface area contributed by atoms with Crippen LogP contribution in [0.3, 0.4) is 0 Å². The molecular weight excluding hydrogens is 214 g/mol. The average Bonchev–Trinajstić information content (AvgIpc) is 2.71. The van der Waals surface area contributed by atoms with Crippen molar-refractivity contribution in [1.29, 1.82) is 0 Å². The van der Waals surface area contributed by atoms with Crippen LogP contribution in [0.1, 0.15) is 11.4 Å². The third-order valence-electron chi connectivity index (χ3n) is 2.59. The molecule has 0 atom stereocenters. The lowest BCUT2D eigenvalue weighted by molar-refractivity contribution is 0.474. The van der Waals surface area contributed by atoms with Gasteiger partial charge in [0, 0.05) is 12.6 Å². The van der Waals surface area contributed by atoms with Gasteiger partial charge in [-0.1, -0.05) is 12.1 Å². The summed E-state index contributed by atoms with van der Waals surface area (Å²) < 4.78 is 0.